The van der Waals surface area contributed by atoms with E-state index in [9.17, 15) is 4.79 Å². The van der Waals surface area contributed by atoms with Gasteiger partial charge in [-0.15, -0.1) is 0 Å². The molecular weight excluding hydrogens is 304 g/mol. The Morgan fingerprint density at radius 2 is 2.17 bits per heavy atom. The van der Waals surface area contributed by atoms with Gasteiger partial charge in [-0.05, 0) is 18.2 Å². The Bertz CT molecular complexity index is 821. The number of nitrogens with one attached hydrogen (secondary N) is 1. The van der Waals surface area contributed by atoms with Crippen LogP contribution < -0.4 is 0 Å². The third kappa shape index (κ3) is 3.37. The molecule has 0 radical (unpaired) electrons. The van der Waals surface area contributed by atoms with Crippen LogP contribution in [0.5, 0.6) is 0 Å². The van der Waals surface area contributed by atoms with E-state index in [0.29, 0.717) is 17.9 Å². The first kappa shape index (κ1) is 16.0. The third-order valence-corrected chi connectivity index (χ3v) is 3.76. The van der Waals surface area contributed by atoms with Crippen molar-refractivity contribution in [3.05, 3.63) is 59.8 Å². The number of carbonyl (C=O) groups is 1. The highest BCUT2D eigenvalue weighted by Gasteiger charge is 2.15. The van der Waals surface area contributed by atoms with Crippen LogP contribution in [0.4, 0.5) is 0 Å². The van der Waals surface area contributed by atoms with Gasteiger partial charge in [0.25, 0.3) is 5.91 Å². The number of aromatic nitrogens is 3. The van der Waals surface area contributed by atoms with Gasteiger partial charge < -0.3 is 9.32 Å². The topological polar surface area (TPSA) is 75.0 Å². The fourth-order valence-electron chi connectivity index (χ4n) is 2.40. The average molecular weight is 324 g/mol. The van der Waals surface area contributed by atoms with E-state index >= 15 is 0 Å². The Morgan fingerprint density at radius 1 is 1.33 bits per heavy atom. The first-order chi connectivity index (χ1) is 11.5. The van der Waals surface area contributed by atoms with E-state index in [4.69, 9.17) is 4.42 Å². The molecule has 0 saturated carbocycles. The molecular formula is C18H20N4O2. The molecule has 2 aromatic heterocycles. The SMILES string of the molecule is CC(C)c1nc(-c2cccc(C(=O)N(C)Cc3ccoc3)c2)n[nH]1. The van der Waals surface area contributed by atoms with E-state index < -0.39 is 0 Å². The fraction of sp³-hybridized carbons (Fsp3) is 0.278. The van der Waals surface area contributed by atoms with Crippen molar-refractivity contribution < 1.29 is 9.21 Å². The number of H-pyrrole nitrogens is 1. The van der Waals surface area contributed by atoms with Crippen LogP contribution in [0.25, 0.3) is 11.4 Å². The van der Waals surface area contributed by atoms with Crippen molar-refractivity contribution in [2.45, 2.75) is 26.3 Å². The summed E-state index contributed by atoms with van der Waals surface area (Å²) in [6, 6.07) is 9.22. The molecule has 0 aliphatic heterocycles. The second kappa shape index (κ2) is 6.70. The van der Waals surface area contributed by atoms with E-state index in [1.54, 1.807) is 30.5 Å². The summed E-state index contributed by atoms with van der Waals surface area (Å²) in [7, 11) is 1.77. The second-order valence-electron chi connectivity index (χ2n) is 6.07. The monoisotopic (exact) mass is 324 g/mol. The zero-order valence-corrected chi connectivity index (χ0v) is 14.0. The van der Waals surface area contributed by atoms with Crippen molar-refractivity contribution in [1.29, 1.82) is 0 Å². The van der Waals surface area contributed by atoms with Gasteiger partial charge >= 0.3 is 0 Å². The molecule has 0 aliphatic carbocycles. The van der Waals surface area contributed by atoms with Crippen molar-refractivity contribution >= 4 is 5.91 Å². The molecule has 1 N–H and O–H groups in total. The summed E-state index contributed by atoms with van der Waals surface area (Å²) in [5, 5.41) is 7.18. The minimum absolute atomic E-state index is 0.0577. The third-order valence-electron chi connectivity index (χ3n) is 3.76. The van der Waals surface area contributed by atoms with Crippen LogP contribution >= 0.6 is 0 Å². The van der Waals surface area contributed by atoms with Crippen molar-refractivity contribution in [2.75, 3.05) is 7.05 Å². The minimum Gasteiger partial charge on any atom is -0.472 e. The molecule has 0 atom stereocenters. The molecule has 0 spiro atoms. The summed E-state index contributed by atoms with van der Waals surface area (Å²) in [4.78, 5) is 18.8. The molecule has 0 aliphatic rings. The number of furan rings is 1. The molecule has 3 rings (SSSR count). The van der Waals surface area contributed by atoms with Gasteiger partial charge in [-0.3, -0.25) is 9.89 Å². The highest BCUT2D eigenvalue weighted by atomic mass is 16.3. The number of nitrogens with zero attached hydrogens (tertiary/aromatic N) is 3. The highest BCUT2D eigenvalue weighted by Crippen LogP contribution is 2.20. The van der Waals surface area contributed by atoms with E-state index in [0.717, 1.165) is 17.0 Å². The maximum atomic E-state index is 12.6. The normalized spacial score (nSPS) is 11.0. The van der Waals surface area contributed by atoms with Crippen LogP contribution in [-0.2, 0) is 6.54 Å². The van der Waals surface area contributed by atoms with Crippen LogP contribution in [0.1, 0.15) is 41.5 Å². The van der Waals surface area contributed by atoms with Crippen LogP contribution in [0, 0.1) is 0 Å². The van der Waals surface area contributed by atoms with Crippen LogP contribution in [0.3, 0.4) is 0 Å². The Balaban J connectivity index is 1.80. The Labute approximate surface area is 140 Å². The predicted molar refractivity (Wildman–Crippen MR) is 90.4 cm³/mol. The van der Waals surface area contributed by atoms with E-state index in [1.165, 1.54) is 0 Å². The van der Waals surface area contributed by atoms with Gasteiger partial charge in [0.15, 0.2) is 5.82 Å². The van der Waals surface area contributed by atoms with Crippen molar-refractivity contribution in [3.8, 4) is 11.4 Å². The molecule has 0 fully saturated rings. The maximum Gasteiger partial charge on any atom is 0.253 e. The number of hydrogen-bond acceptors (Lipinski definition) is 4. The molecule has 124 valence electrons. The first-order valence-electron chi connectivity index (χ1n) is 7.84. The summed E-state index contributed by atoms with van der Waals surface area (Å²) >= 11 is 0. The number of aromatic amines is 1. The van der Waals surface area contributed by atoms with Gasteiger partial charge in [-0.1, -0.05) is 26.0 Å². The second-order valence-corrected chi connectivity index (χ2v) is 6.07. The van der Waals surface area contributed by atoms with E-state index in [1.807, 2.05) is 24.3 Å². The largest absolute Gasteiger partial charge is 0.472 e. The Kier molecular flexibility index (Phi) is 4.46. The Hall–Kier alpha value is -2.89. The van der Waals surface area contributed by atoms with Crippen molar-refractivity contribution in [1.82, 2.24) is 20.1 Å². The molecule has 6 heteroatoms. The van der Waals surface area contributed by atoms with E-state index in [-0.39, 0.29) is 11.8 Å². The number of hydrogen-bond donors (Lipinski definition) is 1. The lowest BCUT2D eigenvalue weighted by molar-refractivity contribution is 0.0785. The Morgan fingerprint density at radius 3 is 2.83 bits per heavy atom. The number of amides is 1. The zero-order chi connectivity index (χ0) is 17.1. The lowest BCUT2D eigenvalue weighted by Gasteiger charge is -2.16. The van der Waals surface area contributed by atoms with Crippen LogP contribution in [0.15, 0.2) is 47.3 Å². The first-order valence-corrected chi connectivity index (χ1v) is 7.84. The molecule has 1 amide bonds. The lowest BCUT2D eigenvalue weighted by atomic mass is 10.1. The lowest BCUT2D eigenvalue weighted by Crippen LogP contribution is -2.25. The summed E-state index contributed by atoms with van der Waals surface area (Å²) in [6.45, 7) is 4.60. The van der Waals surface area contributed by atoms with Gasteiger partial charge in [0.2, 0.25) is 0 Å². The van der Waals surface area contributed by atoms with Gasteiger partial charge in [0.05, 0.1) is 12.5 Å². The van der Waals surface area contributed by atoms with E-state index in [2.05, 4.69) is 29.0 Å². The van der Waals surface area contributed by atoms with Gasteiger partial charge in [0, 0.05) is 36.2 Å². The summed E-state index contributed by atoms with van der Waals surface area (Å²) in [6.07, 6.45) is 3.24. The molecule has 0 bridgehead atoms. The maximum absolute atomic E-state index is 12.6. The fourth-order valence-corrected chi connectivity index (χ4v) is 2.40. The number of rotatable bonds is 5. The van der Waals surface area contributed by atoms with Crippen LogP contribution in [0.2, 0.25) is 0 Å². The van der Waals surface area contributed by atoms with Crippen molar-refractivity contribution in [2.24, 2.45) is 0 Å². The molecule has 0 saturated heterocycles. The van der Waals surface area contributed by atoms with Gasteiger partial charge in [-0.25, -0.2) is 4.98 Å². The molecule has 1 aromatic carbocycles. The minimum atomic E-state index is -0.0577. The standard InChI is InChI=1S/C18H20N4O2/c1-12(2)16-19-17(21-20-16)14-5-4-6-15(9-14)18(23)22(3)10-13-7-8-24-11-13/h4-9,11-12H,10H2,1-3H3,(H,19,20,21). The molecule has 6 nitrogen and oxygen atoms in total. The summed E-state index contributed by atoms with van der Waals surface area (Å²) < 4.78 is 5.04. The van der Waals surface area contributed by atoms with Crippen LogP contribution in [-0.4, -0.2) is 33.0 Å². The zero-order valence-electron chi connectivity index (χ0n) is 14.0. The molecule has 2 heterocycles. The average Bonchev–Trinajstić information content (AvgIpc) is 3.25. The number of carbonyl (C=O) groups excluding carboxylic acids is 1. The summed E-state index contributed by atoms with van der Waals surface area (Å²) in [5.41, 5.74) is 2.38. The summed E-state index contributed by atoms with van der Waals surface area (Å²) in [5.74, 6) is 1.65. The smallest absolute Gasteiger partial charge is 0.253 e. The number of benzene rings is 1. The highest BCUT2D eigenvalue weighted by molar-refractivity contribution is 5.95. The van der Waals surface area contributed by atoms with Gasteiger partial charge in [0.1, 0.15) is 5.82 Å². The molecule has 0 unspecified atom stereocenters. The van der Waals surface area contributed by atoms with Gasteiger partial charge in [-0.2, -0.15) is 5.10 Å². The molecule has 24 heavy (non-hydrogen) atoms. The molecule has 3 aromatic rings. The quantitative estimate of drug-likeness (QED) is 0.780. The predicted octanol–water partition coefficient (Wildman–Crippen LogP) is 3.46. The van der Waals surface area contributed by atoms with Crippen molar-refractivity contribution in [3.63, 3.8) is 0 Å².